The minimum absolute atomic E-state index is 0.00141. The van der Waals surface area contributed by atoms with Crippen LogP contribution in [-0.4, -0.2) is 53.6 Å². The summed E-state index contributed by atoms with van der Waals surface area (Å²) in [6, 6.07) is 16.0. The number of carbonyl (C=O) groups excluding carboxylic acids is 1. The molecule has 146 valence electrons. The van der Waals surface area contributed by atoms with Crippen molar-refractivity contribution in [2.75, 3.05) is 38.2 Å². The second kappa shape index (κ2) is 8.99. The zero-order valence-electron chi connectivity index (χ0n) is 16.0. The van der Waals surface area contributed by atoms with Gasteiger partial charge in [-0.25, -0.2) is 4.98 Å². The lowest BCUT2D eigenvalue weighted by atomic mass is 10.1. The molecule has 6 heteroatoms. The number of aromatic amines is 1. The summed E-state index contributed by atoms with van der Waals surface area (Å²) in [5, 5.41) is 2.97. The van der Waals surface area contributed by atoms with Gasteiger partial charge in [0.25, 0.3) is 0 Å². The van der Waals surface area contributed by atoms with E-state index in [1.165, 1.54) is 5.56 Å². The van der Waals surface area contributed by atoms with Crippen LogP contribution in [0.3, 0.4) is 0 Å². The van der Waals surface area contributed by atoms with Crippen LogP contribution in [0.5, 0.6) is 0 Å². The highest BCUT2D eigenvalue weighted by Crippen LogP contribution is 2.14. The first-order valence-electron chi connectivity index (χ1n) is 9.89. The van der Waals surface area contributed by atoms with Crippen LogP contribution in [0, 0.1) is 0 Å². The Morgan fingerprint density at radius 2 is 1.86 bits per heavy atom. The van der Waals surface area contributed by atoms with E-state index in [9.17, 15) is 4.79 Å². The van der Waals surface area contributed by atoms with Gasteiger partial charge >= 0.3 is 0 Å². The highest BCUT2D eigenvalue weighted by molar-refractivity contribution is 5.90. The van der Waals surface area contributed by atoms with E-state index in [2.05, 4.69) is 32.3 Å². The number of ether oxygens (including phenoxy) is 1. The molecule has 1 aliphatic rings. The van der Waals surface area contributed by atoms with Crippen molar-refractivity contribution in [3.8, 4) is 0 Å². The number of para-hydroxylation sites is 2. The van der Waals surface area contributed by atoms with Crippen molar-refractivity contribution in [2.45, 2.75) is 19.3 Å². The molecular formula is C22H26N4O2. The monoisotopic (exact) mass is 378 g/mol. The van der Waals surface area contributed by atoms with Crippen LogP contribution in [-0.2, 0) is 22.4 Å². The van der Waals surface area contributed by atoms with Crippen LogP contribution in [0.2, 0.25) is 0 Å². The van der Waals surface area contributed by atoms with Gasteiger partial charge in [0, 0.05) is 38.2 Å². The Morgan fingerprint density at radius 1 is 1.07 bits per heavy atom. The number of fused-ring (bicyclic) bond motifs is 1. The molecule has 1 amide bonds. The van der Waals surface area contributed by atoms with Gasteiger partial charge in [-0.2, -0.15) is 0 Å². The predicted molar refractivity (Wildman–Crippen MR) is 110 cm³/mol. The lowest BCUT2D eigenvalue weighted by molar-refractivity contribution is -0.116. The Balaban J connectivity index is 1.23. The molecule has 1 fully saturated rings. The molecule has 0 spiro atoms. The van der Waals surface area contributed by atoms with Gasteiger partial charge in [-0.05, 0) is 36.2 Å². The number of hydrogen-bond donors (Lipinski definition) is 2. The van der Waals surface area contributed by atoms with Crippen LogP contribution in [0.15, 0.2) is 48.5 Å². The molecule has 0 atom stereocenters. The number of nitrogens with one attached hydrogen (secondary N) is 2. The van der Waals surface area contributed by atoms with Gasteiger partial charge in [0.1, 0.15) is 5.82 Å². The van der Waals surface area contributed by atoms with Crippen molar-refractivity contribution < 1.29 is 9.53 Å². The second-order valence-electron chi connectivity index (χ2n) is 7.15. The summed E-state index contributed by atoms with van der Waals surface area (Å²) in [7, 11) is 0. The molecule has 1 saturated heterocycles. The molecule has 28 heavy (non-hydrogen) atoms. The minimum atomic E-state index is 0.00141. The number of benzene rings is 2. The Morgan fingerprint density at radius 3 is 2.64 bits per heavy atom. The van der Waals surface area contributed by atoms with Gasteiger partial charge in [-0.3, -0.25) is 9.69 Å². The van der Waals surface area contributed by atoms with Gasteiger partial charge in [-0.1, -0.05) is 24.3 Å². The summed E-state index contributed by atoms with van der Waals surface area (Å²) in [6.45, 7) is 4.74. The van der Waals surface area contributed by atoms with Gasteiger partial charge in [0.05, 0.1) is 24.2 Å². The van der Waals surface area contributed by atoms with Crippen molar-refractivity contribution in [1.82, 2.24) is 14.9 Å². The van der Waals surface area contributed by atoms with E-state index in [1.54, 1.807) is 0 Å². The standard InChI is InChI=1S/C22H26N4O2/c27-22(10-9-21-24-19-3-1-2-4-20(19)25-21)23-18-7-5-17(6-8-18)11-12-26-13-15-28-16-14-26/h1-8H,9-16H2,(H,23,27)(H,24,25). The molecule has 0 aliphatic carbocycles. The normalized spacial score (nSPS) is 15.0. The van der Waals surface area contributed by atoms with Crippen LogP contribution in [0.4, 0.5) is 5.69 Å². The first-order valence-corrected chi connectivity index (χ1v) is 9.89. The number of aromatic nitrogens is 2. The van der Waals surface area contributed by atoms with E-state index < -0.39 is 0 Å². The van der Waals surface area contributed by atoms with E-state index in [4.69, 9.17) is 4.74 Å². The van der Waals surface area contributed by atoms with E-state index in [1.807, 2.05) is 36.4 Å². The first kappa shape index (κ1) is 18.7. The molecule has 6 nitrogen and oxygen atoms in total. The number of morpholine rings is 1. The Hall–Kier alpha value is -2.70. The maximum absolute atomic E-state index is 12.2. The van der Waals surface area contributed by atoms with Crippen molar-refractivity contribution in [1.29, 1.82) is 0 Å². The number of aryl methyl sites for hydroxylation is 1. The Bertz CT molecular complexity index is 881. The number of nitrogens with zero attached hydrogens (tertiary/aromatic N) is 2. The summed E-state index contributed by atoms with van der Waals surface area (Å²) in [5.41, 5.74) is 4.06. The molecule has 0 bridgehead atoms. The lowest BCUT2D eigenvalue weighted by Gasteiger charge is -2.26. The number of amides is 1. The highest BCUT2D eigenvalue weighted by Gasteiger charge is 2.10. The molecule has 3 aromatic rings. The fraction of sp³-hybridized carbons (Fsp3) is 0.364. The number of anilines is 1. The number of imidazole rings is 1. The van der Waals surface area contributed by atoms with Gasteiger partial charge in [0.2, 0.25) is 5.91 Å². The van der Waals surface area contributed by atoms with Gasteiger partial charge in [0.15, 0.2) is 0 Å². The number of H-pyrrole nitrogens is 1. The molecule has 4 rings (SSSR count). The third kappa shape index (κ3) is 4.97. The topological polar surface area (TPSA) is 70.2 Å². The van der Waals surface area contributed by atoms with Crippen LogP contribution < -0.4 is 5.32 Å². The smallest absolute Gasteiger partial charge is 0.224 e. The Labute approximate surface area is 164 Å². The van der Waals surface area contributed by atoms with Crippen LogP contribution in [0.1, 0.15) is 17.8 Å². The third-order valence-corrected chi connectivity index (χ3v) is 5.09. The van der Waals surface area contributed by atoms with Crippen molar-refractivity contribution in [2.24, 2.45) is 0 Å². The second-order valence-corrected chi connectivity index (χ2v) is 7.15. The zero-order chi connectivity index (χ0) is 19.2. The van der Waals surface area contributed by atoms with Gasteiger partial charge in [-0.15, -0.1) is 0 Å². The maximum atomic E-state index is 12.2. The average Bonchev–Trinajstić information content (AvgIpc) is 3.16. The predicted octanol–water partition coefficient (Wildman–Crippen LogP) is 3.01. The van der Waals surface area contributed by atoms with Crippen molar-refractivity contribution in [3.05, 3.63) is 59.9 Å². The average molecular weight is 378 g/mol. The lowest BCUT2D eigenvalue weighted by Crippen LogP contribution is -2.37. The molecule has 0 saturated carbocycles. The highest BCUT2D eigenvalue weighted by atomic mass is 16.5. The molecule has 2 N–H and O–H groups in total. The van der Waals surface area contributed by atoms with Crippen molar-refractivity contribution in [3.63, 3.8) is 0 Å². The third-order valence-electron chi connectivity index (χ3n) is 5.09. The van der Waals surface area contributed by atoms with E-state index >= 15 is 0 Å². The molecule has 2 heterocycles. The summed E-state index contributed by atoms with van der Waals surface area (Å²) in [5.74, 6) is 0.844. The number of carbonyl (C=O) groups is 1. The molecule has 0 radical (unpaired) electrons. The Kier molecular flexibility index (Phi) is 5.99. The summed E-state index contributed by atoms with van der Waals surface area (Å²) < 4.78 is 5.38. The van der Waals surface area contributed by atoms with Crippen LogP contribution >= 0.6 is 0 Å². The first-order chi connectivity index (χ1) is 13.8. The van der Waals surface area contributed by atoms with E-state index in [0.29, 0.717) is 12.8 Å². The maximum Gasteiger partial charge on any atom is 0.224 e. The van der Waals surface area contributed by atoms with E-state index in [0.717, 1.165) is 61.8 Å². The summed E-state index contributed by atoms with van der Waals surface area (Å²) in [4.78, 5) is 22.4. The fourth-order valence-corrected chi connectivity index (χ4v) is 3.45. The SMILES string of the molecule is O=C(CCc1nc2ccccc2[nH]1)Nc1ccc(CCN2CCOCC2)cc1. The molecule has 1 aliphatic heterocycles. The fourth-order valence-electron chi connectivity index (χ4n) is 3.45. The molecular weight excluding hydrogens is 352 g/mol. The molecule has 2 aromatic carbocycles. The van der Waals surface area contributed by atoms with E-state index in [-0.39, 0.29) is 5.91 Å². The molecule has 0 unspecified atom stereocenters. The number of hydrogen-bond acceptors (Lipinski definition) is 4. The minimum Gasteiger partial charge on any atom is -0.379 e. The van der Waals surface area contributed by atoms with Gasteiger partial charge < -0.3 is 15.0 Å². The summed E-state index contributed by atoms with van der Waals surface area (Å²) in [6.07, 6.45) is 2.01. The van der Waals surface area contributed by atoms with Crippen LogP contribution in [0.25, 0.3) is 11.0 Å². The van der Waals surface area contributed by atoms with Crippen molar-refractivity contribution >= 4 is 22.6 Å². The molecule has 1 aromatic heterocycles. The number of rotatable bonds is 7. The summed E-state index contributed by atoms with van der Waals surface area (Å²) >= 11 is 0. The zero-order valence-corrected chi connectivity index (χ0v) is 16.0. The largest absolute Gasteiger partial charge is 0.379 e. The quantitative estimate of drug-likeness (QED) is 0.663.